The molecule has 0 spiro atoms. The number of nitrogens with zero attached hydrogens (tertiary/aromatic N) is 1. The smallest absolute Gasteiger partial charge is 0.258 e. The number of rotatable bonds is 9. The molecule has 218 valence electrons. The van der Waals surface area contributed by atoms with Gasteiger partial charge in [0, 0.05) is 11.3 Å². The topological polar surface area (TPSA) is 108 Å². The van der Waals surface area contributed by atoms with Crippen LogP contribution >= 0.6 is 11.8 Å². The van der Waals surface area contributed by atoms with Gasteiger partial charge in [-0.25, -0.2) is 0 Å². The van der Waals surface area contributed by atoms with Crippen molar-refractivity contribution in [2.45, 2.75) is 84.0 Å². The van der Waals surface area contributed by atoms with Gasteiger partial charge in [-0.2, -0.15) is 0 Å². The van der Waals surface area contributed by atoms with Crippen LogP contribution < -0.4 is 15.4 Å². The third kappa shape index (κ3) is 8.48. The molecule has 3 amide bonds. The molecule has 1 aliphatic heterocycles. The predicted octanol–water partition coefficient (Wildman–Crippen LogP) is 3.58. The second kappa shape index (κ2) is 13.1. The fraction of sp³-hybridized carbons (Fsp3) is 0.516. The lowest BCUT2D eigenvalue weighted by atomic mass is 9.85. The number of ether oxygens (including phenoxy) is 1. The summed E-state index contributed by atoms with van der Waals surface area (Å²) in [7, 11) is 0. The van der Waals surface area contributed by atoms with Crippen molar-refractivity contribution in [3.05, 3.63) is 65.2 Å². The number of para-hydroxylation sites is 1. The largest absolute Gasteiger partial charge is 0.483 e. The molecule has 1 heterocycles. The lowest BCUT2D eigenvalue weighted by molar-refractivity contribution is -0.147. The minimum Gasteiger partial charge on any atom is -0.483 e. The highest BCUT2D eigenvalue weighted by Crippen LogP contribution is 2.33. The van der Waals surface area contributed by atoms with Gasteiger partial charge in [-0.1, -0.05) is 69.3 Å². The maximum Gasteiger partial charge on any atom is 0.258 e. The average Bonchev–Trinajstić information content (AvgIpc) is 3.36. The Labute approximate surface area is 242 Å². The van der Waals surface area contributed by atoms with E-state index < -0.39 is 35.5 Å². The highest BCUT2D eigenvalue weighted by Gasteiger charge is 2.40. The van der Waals surface area contributed by atoms with E-state index in [1.54, 1.807) is 0 Å². The molecule has 3 N–H and O–H groups in total. The highest BCUT2D eigenvalue weighted by atomic mass is 32.2. The Bertz CT molecular complexity index is 1190. The van der Waals surface area contributed by atoms with Gasteiger partial charge in [-0.15, -0.1) is 11.8 Å². The molecule has 0 bridgehead atoms. The van der Waals surface area contributed by atoms with Gasteiger partial charge in [0.15, 0.2) is 12.7 Å². The average molecular weight is 570 g/mol. The first kappa shape index (κ1) is 31.5. The van der Waals surface area contributed by atoms with Crippen LogP contribution in [0.25, 0.3) is 0 Å². The van der Waals surface area contributed by atoms with Gasteiger partial charge in [0.1, 0.15) is 11.8 Å². The molecule has 0 aromatic heterocycles. The Morgan fingerprint density at radius 3 is 2.35 bits per heavy atom. The molecular weight excluding hydrogens is 526 g/mol. The number of hydrogen-bond acceptors (Lipinski definition) is 6. The summed E-state index contributed by atoms with van der Waals surface area (Å²) < 4.78 is 6.00. The quantitative estimate of drug-likeness (QED) is 0.426. The standard InChI is InChI=1S/C31H43N3O5S/c1-20-12-11-15-22(30(2,3)4)27(20)39-17-25(35)32-23(16-21-13-9-8-10-14-21)26(36)29(38)34-19-40-18-24(34)28(37)33-31(5,6)7/h8-15,23-24,26,36H,16-19H2,1-7H3,(H,32,35)(H,33,37)/t23-,24-,26-/m0/s1. The zero-order valence-electron chi connectivity index (χ0n) is 24.6. The second-order valence-electron chi connectivity index (χ2n) is 12.4. The minimum atomic E-state index is -1.55. The molecule has 1 saturated heterocycles. The molecule has 3 rings (SSSR count). The van der Waals surface area contributed by atoms with Gasteiger partial charge < -0.3 is 25.4 Å². The number of carbonyl (C=O) groups excluding carboxylic acids is 3. The molecule has 8 nitrogen and oxygen atoms in total. The molecule has 2 aromatic carbocycles. The van der Waals surface area contributed by atoms with E-state index in [2.05, 4.69) is 31.4 Å². The van der Waals surface area contributed by atoms with E-state index in [0.29, 0.717) is 11.5 Å². The minimum absolute atomic E-state index is 0.181. The van der Waals surface area contributed by atoms with E-state index in [1.165, 1.54) is 16.7 Å². The predicted molar refractivity (Wildman–Crippen MR) is 159 cm³/mol. The maximum absolute atomic E-state index is 13.5. The summed E-state index contributed by atoms with van der Waals surface area (Å²) in [6.07, 6.45) is -1.31. The molecule has 1 aliphatic rings. The summed E-state index contributed by atoms with van der Waals surface area (Å²) in [6.45, 7) is 13.5. The number of aliphatic hydroxyl groups excluding tert-OH is 1. The van der Waals surface area contributed by atoms with Crippen LogP contribution in [-0.2, 0) is 26.2 Å². The zero-order chi connectivity index (χ0) is 29.7. The lowest BCUT2D eigenvalue weighted by Gasteiger charge is -2.31. The first-order chi connectivity index (χ1) is 18.7. The number of carbonyl (C=O) groups is 3. The third-order valence-corrected chi connectivity index (χ3v) is 7.62. The molecule has 0 aliphatic carbocycles. The van der Waals surface area contributed by atoms with E-state index >= 15 is 0 Å². The summed E-state index contributed by atoms with van der Waals surface area (Å²) in [5.74, 6) is 0.0852. The van der Waals surface area contributed by atoms with E-state index in [1.807, 2.05) is 76.2 Å². The number of thioether (sulfide) groups is 1. The Kier molecular flexibility index (Phi) is 10.3. The third-order valence-electron chi connectivity index (χ3n) is 6.61. The molecule has 0 radical (unpaired) electrons. The SMILES string of the molecule is Cc1cccc(C(C)(C)C)c1OCC(=O)N[C@@H](Cc1ccccc1)[C@H](O)C(=O)N1CSC[C@H]1C(=O)NC(C)(C)C. The van der Waals surface area contributed by atoms with Gasteiger partial charge in [0.25, 0.3) is 11.8 Å². The van der Waals surface area contributed by atoms with Crippen LogP contribution in [0.1, 0.15) is 58.2 Å². The van der Waals surface area contributed by atoms with Gasteiger partial charge in [-0.05, 0) is 56.2 Å². The van der Waals surface area contributed by atoms with Crippen molar-refractivity contribution >= 4 is 29.5 Å². The van der Waals surface area contributed by atoms with Crippen LogP contribution in [0.3, 0.4) is 0 Å². The van der Waals surface area contributed by atoms with Crippen molar-refractivity contribution in [1.82, 2.24) is 15.5 Å². The van der Waals surface area contributed by atoms with Gasteiger partial charge >= 0.3 is 0 Å². The molecule has 0 unspecified atom stereocenters. The lowest BCUT2D eigenvalue weighted by Crippen LogP contribution is -2.58. The van der Waals surface area contributed by atoms with Crippen LogP contribution in [0.15, 0.2) is 48.5 Å². The molecule has 1 fully saturated rings. The van der Waals surface area contributed by atoms with E-state index in [0.717, 1.165) is 16.7 Å². The zero-order valence-corrected chi connectivity index (χ0v) is 25.4. The van der Waals surface area contributed by atoms with Crippen LogP contribution in [-0.4, -0.2) is 69.7 Å². The number of aliphatic hydroxyl groups is 1. The first-order valence-corrected chi connectivity index (χ1v) is 14.8. The summed E-state index contributed by atoms with van der Waals surface area (Å²) in [5.41, 5.74) is 2.13. The second-order valence-corrected chi connectivity index (χ2v) is 13.4. The molecule has 2 aromatic rings. The first-order valence-electron chi connectivity index (χ1n) is 13.6. The van der Waals surface area contributed by atoms with Crippen LogP contribution in [0.4, 0.5) is 0 Å². The summed E-state index contributed by atoms with van der Waals surface area (Å²) in [4.78, 5) is 40.9. The number of hydrogen-bond donors (Lipinski definition) is 3. The number of aryl methyl sites for hydroxylation is 1. The molecule has 3 atom stereocenters. The Balaban J connectivity index is 1.77. The van der Waals surface area contributed by atoms with Gasteiger partial charge in [0.05, 0.1) is 11.9 Å². The van der Waals surface area contributed by atoms with Crippen LogP contribution in [0.5, 0.6) is 5.75 Å². The van der Waals surface area contributed by atoms with Crippen molar-refractivity contribution in [3.8, 4) is 5.75 Å². The fourth-order valence-electron chi connectivity index (χ4n) is 4.60. The summed E-state index contributed by atoms with van der Waals surface area (Å²) in [5, 5.41) is 17.0. The van der Waals surface area contributed by atoms with Crippen molar-refractivity contribution in [1.29, 1.82) is 0 Å². The Morgan fingerprint density at radius 2 is 1.73 bits per heavy atom. The van der Waals surface area contributed by atoms with Crippen molar-refractivity contribution in [3.63, 3.8) is 0 Å². The van der Waals surface area contributed by atoms with E-state index in [4.69, 9.17) is 4.74 Å². The number of benzene rings is 2. The number of nitrogens with one attached hydrogen (secondary N) is 2. The van der Waals surface area contributed by atoms with Gasteiger partial charge in [-0.3, -0.25) is 14.4 Å². The van der Waals surface area contributed by atoms with E-state index in [-0.39, 0.29) is 30.2 Å². The van der Waals surface area contributed by atoms with Crippen molar-refractivity contribution in [2.75, 3.05) is 18.2 Å². The van der Waals surface area contributed by atoms with Gasteiger partial charge in [0.2, 0.25) is 5.91 Å². The summed E-state index contributed by atoms with van der Waals surface area (Å²) in [6, 6.07) is 13.6. The van der Waals surface area contributed by atoms with Crippen molar-refractivity contribution in [2.24, 2.45) is 0 Å². The summed E-state index contributed by atoms with van der Waals surface area (Å²) >= 11 is 1.46. The molecule has 0 saturated carbocycles. The Hall–Kier alpha value is -3.04. The number of amides is 3. The fourth-order valence-corrected chi connectivity index (χ4v) is 5.77. The molecule has 9 heteroatoms. The van der Waals surface area contributed by atoms with Crippen LogP contribution in [0, 0.1) is 6.92 Å². The maximum atomic E-state index is 13.5. The normalized spacial score (nSPS) is 17.2. The monoisotopic (exact) mass is 569 g/mol. The highest BCUT2D eigenvalue weighted by molar-refractivity contribution is 7.99. The molecule has 40 heavy (non-hydrogen) atoms. The Morgan fingerprint density at radius 1 is 1.05 bits per heavy atom. The van der Waals surface area contributed by atoms with Crippen molar-refractivity contribution < 1.29 is 24.2 Å². The van der Waals surface area contributed by atoms with Crippen LogP contribution in [0.2, 0.25) is 0 Å². The van der Waals surface area contributed by atoms with E-state index in [9.17, 15) is 19.5 Å². The molecular formula is C31H43N3O5S.